The van der Waals surface area contributed by atoms with E-state index in [1.165, 1.54) is 0 Å². The van der Waals surface area contributed by atoms with Gasteiger partial charge in [0.2, 0.25) is 0 Å². The molecule has 1 aromatic heterocycles. The summed E-state index contributed by atoms with van der Waals surface area (Å²) in [5.41, 5.74) is 1.46. The number of fused-ring (bicyclic) bond motifs is 1. The maximum absolute atomic E-state index is 11.1. The normalized spacial score (nSPS) is 13.1. The number of hydrogen-bond donors (Lipinski definition) is 1. The van der Waals surface area contributed by atoms with E-state index in [0.717, 1.165) is 18.4 Å². The van der Waals surface area contributed by atoms with Crippen LogP contribution in [0.15, 0.2) is 18.2 Å². The van der Waals surface area contributed by atoms with Crippen molar-refractivity contribution < 1.29 is 9.90 Å². The molecule has 1 heterocycles. The van der Waals surface area contributed by atoms with Gasteiger partial charge in [-0.2, -0.15) is 0 Å². The van der Waals surface area contributed by atoms with E-state index >= 15 is 0 Å². The van der Waals surface area contributed by atoms with Crippen molar-refractivity contribution in [2.24, 2.45) is 5.92 Å². The van der Waals surface area contributed by atoms with Gasteiger partial charge in [0, 0.05) is 0 Å². The average molecular weight is 261 g/mol. The fraction of sp³-hybridized carbons (Fsp3) is 0.500. The minimum Gasteiger partial charge on any atom is -0.478 e. The first kappa shape index (κ1) is 13.5. The van der Waals surface area contributed by atoms with Gasteiger partial charge in [0.1, 0.15) is 5.52 Å². The lowest BCUT2D eigenvalue weighted by molar-refractivity contribution is 0.0699. The van der Waals surface area contributed by atoms with E-state index in [2.05, 4.69) is 31.1 Å². The summed E-state index contributed by atoms with van der Waals surface area (Å²) < 4.78 is 1.82. The van der Waals surface area contributed by atoms with Gasteiger partial charge in [-0.25, -0.2) is 9.48 Å². The summed E-state index contributed by atoms with van der Waals surface area (Å²) in [6, 6.07) is 5.38. The van der Waals surface area contributed by atoms with Crippen LogP contribution in [0.2, 0.25) is 0 Å². The molecule has 1 unspecified atom stereocenters. The zero-order valence-corrected chi connectivity index (χ0v) is 11.5. The number of benzene rings is 1. The van der Waals surface area contributed by atoms with Gasteiger partial charge in [0.05, 0.1) is 17.1 Å². The molecule has 0 spiro atoms. The van der Waals surface area contributed by atoms with Crippen LogP contribution in [0.5, 0.6) is 0 Å². The molecular formula is C14H19N3O2. The Morgan fingerprint density at radius 1 is 1.32 bits per heavy atom. The van der Waals surface area contributed by atoms with E-state index in [1.807, 2.05) is 10.7 Å². The highest BCUT2D eigenvalue weighted by molar-refractivity contribution is 6.00. The number of nitrogens with zero attached hydrogens (tertiary/aromatic N) is 3. The number of hydrogen-bond acceptors (Lipinski definition) is 3. The van der Waals surface area contributed by atoms with Crippen LogP contribution in [0.3, 0.4) is 0 Å². The van der Waals surface area contributed by atoms with Crippen molar-refractivity contribution in [2.45, 2.75) is 39.7 Å². The SMILES string of the molecule is CC(C)CCC(C)n1nnc2c(C(=O)O)cccc21. The molecule has 0 aliphatic carbocycles. The molecule has 0 fully saturated rings. The first-order valence-corrected chi connectivity index (χ1v) is 6.58. The standard InChI is InChI=1S/C14H19N3O2/c1-9(2)7-8-10(3)17-12-6-4-5-11(14(18)19)13(12)15-16-17/h4-6,9-10H,7-8H2,1-3H3,(H,18,19). The molecular weight excluding hydrogens is 242 g/mol. The van der Waals surface area contributed by atoms with Crippen LogP contribution in [0, 0.1) is 5.92 Å². The second-order valence-electron chi connectivity index (χ2n) is 5.33. The highest BCUT2D eigenvalue weighted by Crippen LogP contribution is 2.22. The molecule has 1 atom stereocenters. The van der Waals surface area contributed by atoms with Gasteiger partial charge in [-0.15, -0.1) is 5.10 Å². The lowest BCUT2D eigenvalue weighted by Gasteiger charge is -2.13. The van der Waals surface area contributed by atoms with Gasteiger partial charge in [-0.05, 0) is 37.8 Å². The van der Waals surface area contributed by atoms with E-state index in [4.69, 9.17) is 5.11 Å². The van der Waals surface area contributed by atoms with Gasteiger partial charge in [-0.3, -0.25) is 0 Å². The Morgan fingerprint density at radius 3 is 2.68 bits per heavy atom. The summed E-state index contributed by atoms with van der Waals surface area (Å²) in [7, 11) is 0. The Balaban J connectivity index is 2.35. The van der Waals surface area contributed by atoms with Gasteiger partial charge >= 0.3 is 5.97 Å². The van der Waals surface area contributed by atoms with Crippen molar-refractivity contribution in [1.82, 2.24) is 15.0 Å². The molecule has 0 aliphatic rings. The zero-order chi connectivity index (χ0) is 14.0. The lowest BCUT2D eigenvalue weighted by Crippen LogP contribution is -2.08. The van der Waals surface area contributed by atoms with E-state index in [1.54, 1.807) is 12.1 Å². The quantitative estimate of drug-likeness (QED) is 0.897. The monoisotopic (exact) mass is 261 g/mol. The van der Waals surface area contributed by atoms with Gasteiger partial charge < -0.3 is 5.11 Å². The van der Waals surface area contributed by atoms with Crippen molar-refractivity contribution in [2.75, 3.05) is 0 Å². The Hall–Kier alpha value is -1.91. The number of rotatable bonds is 5. The number of carboxylic acid groups (broad SMARTS) is 1. The predicted octanol–water partition coefficient (Wildman–Crippen LogP) is 3.13. The van der Waals surface area contributed by atoms with Gasteiger partial charge in [0.25, 0.3) is 0 Å². The molecule has 0 aliphatic heterocycles. The third kappa shape index (κ3) is 2.75. The molecule has 0 saturated heterocycles. The van der Waals surface area contributed by atoms with Crippen LogP contribution >= 0.6 is 0 Å². The molecule has 1 aromatic carbocycles. The van der Waals surface area contributed by atoms with Crippen LogP contribution in [-0.2, 0) is 0 Å². The smallest absolute Gasteiger partial charge is 0.338 e. The fourth-order valence-corrected chi connectivity index (χ4v) is 2.16. The van der Waals surface area contributed by atoms with E-state index in [9.17, 15) is 4.79 Å². The molecule has 0 bridgehead atoms. The molecule has 5 heteroatoms. The summed E-state index contributed by atoms with van der Waals surface area (Å²) in [6.07, 6.45) is 2.12. The average Bonchev–Trinajstić information content (AvgIpc) is 2.79. The Labute approximate surface area is 112 Å². The topological polar surface area (TPSA) is 68.0 Å². The second kappa shape index (κ2) is 5.38. The van der Waals surface area contributed by atoms with E-state index < -0.39 is 5.97 Å². The number of aromatic carboxylic acids is 1. The number of aromatic nitrogens is 3. The Bertz CT molecular complexity index is 589. The summed E-state index contributed by atoms with van der Waals surface area (Å²) in [4.78, 5) is 11.1. The molecule has 1 N–H and O–H groups in total. The number of carboxylic acids is 1. The van der Waals surface area contributed by atoms with Crippen LogP contribution < -0.4 is 0 Å². The molecule has 102 valence electrons. The third-order valence-electron chi connectivity index (χ3n) is 3.31. The largest absolute Gasteiger partial charge is 0.478 e. The van der Waals surface area contributed by atoms with Crippen molar-refractivity contribution >= 4 is 17.0 Å². The maximum Gasteiger partial charge on any atom is 0.338 e. The molecule has 19 heavy (non-hydrogen) atoms. The molecule has 0 amide bonds. The molecule has 0 radical (unpaired) electrons. The third-order valence-corrected chi connectivity index (χ3v) is 3.31. The summed E-state index contributed by atoms with van der Waals surface area (Å²) in [5, 5.41) is 17.3. The van der Waals surface area contributed by atoms with Crippen molar-refractivity contribution in [1.29, 1.82) is 0 Å². The van der Waals surface area contributed by atoms with Gasteiger partial charge in [-0.1, -0.05) is 25.1 Å². The van der Waals surface area contributed by atoms with Gasteiger partial charge in [0.15, 0.2) is 0 Å². The molecule has 0 saturated carbocycles. The molecule has 2 aromatic rings. The predicted molar refractivity (Wildman–Crippen MR) is 73.3 cm³/mol. The van der Waals surface area contributed by atoms with Crippen LogP contribution in [0.1, 0.15) is 50.0 Å². The summed E-state index contributed by atoms with van der Waals surface area (Å²) in [6.45, 7) is 6.47. The second-order valence-corrected chi connectivity index (χ2v) is 5.33. The zero-order valence-electron chi connectivity index (χ0n) is 11.5. The van der Waals surface area contributed by atoms with E-state index in [-0.39, 0.29) is 11.6 Å². The van der Waals surface area contributed by atoms with Crippen LogP contribution in [0.4, 0.5) is 0 Å². The minimum absolute atomic E-state index is 0.208. The first-order chi connectivity index (χ1) is 9.00. The lowest BCUT2D eigenvalue weighted by atomic mass is 10.0. The van der Waals surface area contributed by atoms with Crippen LogP contribution in [0.25, 0.3) is 11.0 Å². The number of carbonyl (C=O) groups is 1. The summed E-state index contributed by atoms with van der Waals surface area (Å²) >= 11 is 0. The first-order valence-electron chi connectivity index (χ1n) is 6.58. The summed E-state index contributed by atoms with van der Waals surface area (Å²) in [5.74, 6) is -0.320. The Morgan fingerprint density at radius 2 is 2.05 bits per heavy atom. The van der Waals surface area contributed by atoms with Crippen molar-refractivity contribution in [3.8, 4) is 0 Å². The maximum atomic E-state index is 11.1. The highest BCUT2D eigenvalue weighted by Gasteiger charge is 2.16. The molecule has 5 nitrogen and oxygen atoms in total. The Kier molecular flexibility index (Phi) is 3.83. The van der Waals surface area contributed by atoms with E-state index in [0.29, 0.717) is 11.4 Å². The fourth-order valence-electron chi connectivity index (χ4n) is 2.16. The van der Waals surface area contributed by atoms with Crippen molar-refractivity contribution in [3.63, 3.8) is 0 Å². The van der Waals surface area contributed by atoms with Crippen molar-refractivity contribution in [3.05, 3.63) is 23.8 Å². The minimum atomic E-state index is -0.965. The molecule has 2 rings (SSSR count). The van der Waals surface area contributed by atoms with Crippen LogP contribution in [-0.4, -0.2) is 26.1 Å². The highest BCUT2D eigenvalue weighted by atomic mass is 16.4.